The summed E-state index contributed by atoms with van der Waals surface area (Å²) in [6, 6.07) is 13.4. The van der Waals surface area contributed by atoms with Crippen LogP contribution >= 0.6 is 11.3 Å². The maximum absolute atomic E-state index is 13.2. The summed E-state index contributed by atoms with van der Waals surface area (Å²) in [5.74, 6) is -0.765. The van der Waals surface area contributed by atoms with Gasteiger partial charge in [0, 0.05) is 0 Å². The second-order valence-corrected chi connectivity index (χ2v) is 9.54. The van der Waals surface area contributed by atoms with Crippen molar-refractivity contribution < 1.29 is 19.1 Å². The zero-order valence-electron chi connectivity index (χ0n) is 17.8. The molecule has 6 heteroatoms. The Morgan fingerprint density at radius 1 is 1.03 bits per heavy atom. The van der Waals surface area contributed by atoms with Crippen LogP contribution < -0.4 is 4.74 Å². The predicted octanol–water partition coefficient (Wildman–Crippen LogP) is 5.46. The maximum atomic E-state index is 13.2. The van der Waals surface area contributed by atoms with Crippen molar-refractivity contribution >= 4 is 33.1 Å². The van der Waals surface area contributed by atoms with Crippen LogP contribution in [0.4, 0.5) is 0 Å². The van der Waals surface area contributed by atoms with E-state index in [9.17, 15) is 9.59 Å². The van der Waals surface area contributed by atoms with Gasteiger partial charge in [0.25, 0.3) is 5.19 Å². The fourth-order valence-electron chi connectivity index (χ4n) is 4.06. The van der Waals surface area contributed by atoms with Crippen molar-refractivity contribution in [1.82, 2.24) is 4.98 Å². The molecule has 0 N–H and O–H groups in total. The lowest BCUT2D eigenvalue weighted by molar-refractivity contribution is -0.184. The summed E-state index contributed by atoms with van der Waals surface area (Å²) in [4.78, 5) is 30.9. The van der Waals surface area contributed by atoms with Gasteiger partial charge >= 0.3 is 0 Å². The van der Waals surface area contributed by atoms with E-state index in [1.165, 1.54) is 11.3 Å². The Balaban J connectivity index is 1.75. The van der Waals surface area contributed by atoms with Gasteiger partial charge in [-0.05, 0) is 69.5 Å². The van der Waals surface area contributed by atoms with Crippen LogP contribution in [0.5, 0.6) is 10.9 Å². The standard InChI is InChI=1S/C24H25NO4S/c1-6-14-11-12-15(28-22-25-17-9-7-8-10-18(17)30-22)13-16(14)19-20(26)23(2,3)29-24(4,5)21(19)27/h7-13,19H,6H2,1-5H3. The van der Waals surface area contributed by atoms with E-state index in [0.717, 1.165) is 15.8 Å². The number of ether oxygens (including phenoxy) is 2. The van der Waals surface area contributed by atoms with Crippen LogP contribution in [0.3, 0.4) is 0 Å². The Morgan fingerprint density at radius 2 is 1.70 bits per heavy atom. The number of carbonyl (C=O) groups is 2. The first-order chi connectivity index (χ1) is 14.1. The van der Waals surface area contributed by atoms with Gasteiger partial charge in [-0.3, -0.25) is 9.59 Å². The third-order valence-corrected chi connectivity index (χ3v) is 6.42. The highest BCUT2D eigenvalue weighted by Gasteiger charge is 2.53. The lowest BCUT2D eigenvalue weighted by atomic mass is 9.73. The first-order valence-electron chi connectivity index (χ1n) is 10.1. The number of benzene rings is 2. The van der Waals surface area contributed by atoms with E-state index in [2.05, 4.69) is 4.98 Å². The number of thiazole rings is 1. The molecular weight excluding hydrogens is 398 g/mol. The molecule has 0 unspecified atom stereocenters. The average Bonchev–Trinajstić information content (AvgIpc) is 3.09. The van der Waals surface area contributed by atoms with E-state index in [0.29, 0.717) is 22.9 Å². The van der Waals surface area contributed by atoms with Gasteiger partial charge in [0.15, 0.2) is 11.6 Å². The van der Waals surface area contributed by atoms with Gasteiger partial charge in [0.1, 0.15) is 22.9 Å². The number of nitrogens with zero attached hydrogens (tertiary/aromatic N) is 1. The summed E-state index contributed by atoms with van der Waals surface area (Å²) < 4.78 is 12.9. The average molecular weight is 424 g/mol. The first kappa shape index (κ1) is 20.7. The maximum Gasteiger partial charge on any atom is 0.279 e. The van der Waals surface area contributed by atoms with Crippen LogP contribution in [0, 0.1) is 0 Å². The number of Topliss-reactive ketones (excluding diaryl/α,β-unsaturated/α-hetero) is 2. The monoisotopic (exact) mass is 423 g/mol. The lowest BCUT2D eigenvalue weighted by Gasteiger charge is -2.43. The van der Waals surface area contributed by atoms with Crippen LogP contribution in [-0.2, 0) is 20.7 Å². The fraction of sp³-hybridized carbons (Fsp3) is 0.375. The van der Waals surface area contributed by atoms with E-state index in [-0.39, 0.29) is 11.6 Å². The number of aryl methyl sites for hydroxylation is 1. The molecule has 2 aromatic carbocycles. The van der Waals surface area contributed by atoms with E-state index in [4.69, 9.17) is 9.47 Å². The largest absolute Gasteiger partial charge is 0.431 e. The van der Waals surface area contributed by atoms with E-state index < -0.39 is 17.1 Å². The molecule has 2 heterocycles. The highest BCUT2D eigenvalue weighted by molar-refractivity contribution is 7.20. The molecule has 1 saturated heterocycles. The number of fused-ring (bicyclic) bond motifs is 1. The van der Waals surface area contributed by atoms with Gasteiger partial charge in [-0.15, -0.1) is 0 Å². The third-order valence-electron chi connectivity index (χ3n) is 5.51. The van der Waals surface area contributed by atoms with E-state index in [1.807, 2.05) is 49.4 Å². The second-order valence-electron chi connectivity index (χ2n) is 8.55. The van der Waals surface area contributed by atoms with Crippen LogP contribution in [0.25, 0.3) is 10.2 Å². The Hall–Kier alpha value is -2.57. The molecule has 0 saturated carbocycles. The molecule has 3 aromatic rings. The molecule has 4 rings (SSSR count). The normalized spacial score (nSPS) is 18.7. The smallest absolute Gasteiger partial charge is 0.279 e. The molecule has 0 spiro atoms. The van der Waals surface area contributed by atoms with Crippen LogP contribution in [-0.4, -0.2) is 27.8 Å². The van der Waals surface area contributed by atoms with Crippen molar-refractivity contribution in [3.05, 3.63) is 53.6 Å². The Kier molecular flexibility index (Phi) is 5.03. The Bertz CT molecular complexity index is 1090. The molecule has 156 valence electrons. The van der Waals surface area contributed by atoms with Crippen molar-refractivity contribution in [2.24, 2.45) is 0 Å². The second kappa shape index (κ2) is 7.29. The molecular formula is C24H25NO4S. The quantitative estimate of drug-likeness (QED) is 0.521. The molecule has 0 bridgehead atoms. The third kappa shape index (κ3) is 3.55. The number of carbonyl (C=O) groups excluding carboxylic acids is 2. The topological polar surface area (TPSA) is 65.5 Å². The number of hydrogen-bond donors (Lipinski definition) is 0. The summed E-state index contributed by atoms with van der Waals surface area (Å²) in [5.41, 5.74) is 0.428. The van der Waals surface area contributed by atoms with Crippen molar-refractivity contribution in [3.8, 4) is 10.9 Å². The number of ketones is 2. The van der Waals surface area contributed by atoms with Gasteiger partial charge in [0.05, 0.1) is 10.2 Å². The number of aromatic nitrogens is 1. The highest BCUT2D eigenvalue weighted by Crippen LogP contribution is 2.41. The fourth-order valence-corrected chi connectivity index (χ4v) is 4.89. The minimum absolute atomic E-state index is 0.223. The van der Waals surface area contributed by atoms with E-state index in [1.54, 1.807) is 27.7 Å². The van der Waals surface area contributed by atoms with Gasteiger partial charge in [-0.1, -0.05) is 36.5 Å². The number of rotatable bonds is 4. The summed E-state index contributed by atoms with van der Waals surface area (Å²) in [5, 5.41) is 0.525. The van der Waals surface area contributed by atoms with Gasteiger partial charge in [0.2, 0.25) is 0 Å². The first-order valence-corrected chi connectivity index (χ1v) is 10.9. The molecule has 1 aliphatic heterocycles. The molecule has 0 radical (unpaired) electrons. The predicted molar refractivity (Wildman–Crippen MR) is 118 cm³/mol. The van der Waals surface area contributed by atoms with Crippen LogP contribution in [0.15, 0.2) is 42.5 Å². The Labute approximate surface area is 180 Å². The molecule has 1 fully saturated rings. The molecule has 0 aliphatic carbocycles. The lowest BCUT2D eigenvalue weighted by Crippen LogP contribution is -2.58. The summed E-state index contributed by atoms with van der Waals surface area (Å²) in [6.07, 6.45) is 0.704. The molecule has 0 amide bonds. The molecule has 30 heavy (non-hydrogen) atoms. The summed E-state index contributed by atoms with van der Waals surface area (Å²) in [6.45, 7) is 8.91. The summed E-state index contributed by atoms with van der Waals surface area (Å²) in [7, 11) is 0. The van der Waals surface area contributed by atoms with Gasteiger partial charge in [-0.25, -0.2) is 4.98 Å². The minimum Gasteiger partial charge on any atom is -0.431 e. The molecule has 5 nitrogen and oxygen atoms in total. The van der Waals surface area contributed by atoms with Crippen molar-refractivity contribution in [2.45, 2.75) is 58.2 Å². The van der Waals surface area contributed by atoms with Crippen molar-refractivity contribution in [3.63, 3.8) is 0 Å². The van der Waals surface area contributed by atoms with Crippen LogP contribution in [0.2, 0.25) is 0 Å². The van der Waals surface area contributed by atoms with Crippen molar-refractivity contribution in [2.75, 3.05) is 0 Å². The summed E-state index contributed by atoms with van der Waals surface area (Å²) >= 11 is 1.46. The van der Waals surface area contributed by atoms with E-state index >= 15 is 0 Å². The zero-order chi connectivity index (χ0) is 21.7. The molecule has 1 aliphatic rings. The molecule has 1 aromatic heterocycles. The minimum atomic E-state index is -1.04. The molecule has 0 atom stereocenters. The highest BCUT2D eigenvalue weighted by atomic mass is 32.1. The number of para-hydroxylation sites is 1. The Morgan fingerprint density at radius 3 is 2.33 bits per heavy atom. The van der Waals surface area contributed by atoms with Gasteiger partial charge < -0.3 is 9.47 Å². The SMILES string of the molecule is CCc1ccc(Oc2nc3ccccc3s2)cc1C1C(=O)C(C)(C)OC(C)(C)C1=O. The zero-order valence-corrected chi connectivity index (χ0v) is 18.6. The van der Waals surface area contributed by atoms with Gasteiger partial charge in [-0.2, -0.15) is 0 Å². The number of hydrogen-bond acceptors (Lipinski definition) is 6. The van der Waals surface area contributed by atoms with Crippen LogP contribution in [0.1, 0.15) is 51.7 Å². The van der Waals surface area contributed by atoms with Crippen molar-refractivity contribution in [1.29, 1.82) is 0 Å².